The number of nitrogens with zero attached hydrogens (tertiary/aromatic N) is 4. The first-order valence-electron chi connectivity index (χ1n) is 19.6. The number of carbonyl (C=O) groups is 2. The number of aromatic amines is 1. The van der Waals surface area contributed by atoms with Gasteiger partial charge in [-0.2, -0.15) is 0 Å². The Hall–Kier alpha value is -4.89. The van der Waals surface area contributed by atoms with Crippen LogP contribution in [0.4, 0.5) is 5.69 Å². The molecule has 4 aromatic rings. The zero-order chi connectivity index (χ0) is 39.4. The van der Waals surface area contributed by atoms with Crippen LogP contribution < -0.4 is 15.4 Å². The number of benzene rings is 2. The van der Waals surface area contributed by atoms with Gasteiger partial charge in [0.05, 0.1) is 64.8 Å². The number of ether oxygens (including phenoxy) is 5. The third-order valence-corrected chi connectivity index (χ3v) is 9.82. The van der Waals surface area contributed by atoms with Crippen LogP contribution in [0.2, 0.25) is 0 Å². The van der Waals surface area contributed by atoms with E-state index in [9.17, 15) is 9.59 Å². The zero-order valence-electron chi connectivity index (χ0n) is 33.0. The predicted molar refractivity (Wildman–Crippen MR) is 213 cm³/mol. The van der Waals surface area contributed by atoms with Crippen LogP contribution in [0.5, 0.6) is 5.75 Å². The Labute approximate surface area is 330 Å². The van der Waals surface area contributed by atoms with Gasteiger partial charge in [-0.1, -0.05) is 24.6 Å². The Morgan fingerprint density at radius 2 is 1.54 bits per heavy atom. The van der Waals surface area contributed by atoms with Crippen molar-refractivity contribution >= 4 is 17.6 Å². The molecule has 1 aliphatic heterocycles. The number of esters is 1. The van der Waals surface area contributed by atoms with Crippen LogP contribution in [0.3, 0.4) is 0 Å². The highest BCUT2D eigenvalue weighted by molar-refractivity contribution is 5.95. The minimum Gasteiger partial charge on any atom is -0.494 e. The third kappa shape index (κ3) is 13.4. The molecule has 14 nitrogen and oxygen atoms in total. The lowest BCUT2D eigenvalue weighted by Gasteiger charge is -2.40. The maximum absolute atomic E-state index is 13.5. The molecule has 5 rings (SSSR count). The molecule has 3 heterocycles. The Balaban J connectivity index is 1.01. The number of unbranched alkanes of at least 4 members (excludes halogenated alkanes) is 3. The highest BCUT2D eigenvalue weighted by Gasteiger charge is 2.39. The molecule has 1 saturated heterocycles. The summed E-state index contributed by atoms with van der Waals surface area (Å²) in [6.45, 7) is 7.39. The highest BCUT2D eigenvalue weighted by atomic mass is 16.5. The smallest absolute Gasteiger partial charge is 0.307 e. The fourth-order valence-electron chi connectivity index (χ4n) is 6.44. The number of pyridine rings is 1. The third-order valence-electron chi connectivity index (χ3n) is 9.82. The van der Waals surface area contributed by atoms with Crippen molar-refractivity contribution in [3.05, 3.63) is 90.0 Å². The van der Waals surface area contributed by atoms with Gasteiger partial charge in [-0.05, 0) is 94.1 Å². The maximum atomic E-state index is 13.5. The van der Waals surface area contributed by atoms with Crippen LogP contribution in [0.1, 0.15) is 79.7 Å². The van der Waals surface area contributed by atoms with E-state index in [1.807, 2.05) is 67.6 Å². The molecule has 0 radical (unpaired) electrons. The number of nitrogens with one attached hydrogen (secondary N) is 3. The van der Waals surface area contributed by atoms with Crippen molar-refractivity contribution in [3.63, 3.8) is 0 Å². The number of amides is 1. The molecular formula is C42H57N7O7. The van der Waals surface area contributed by atoms with Crippen molar-refractivity contribution < 1.29 is 33.3 Å². The molecule has 0 unspecified atom stereocenters. The molecule has 56 heavy (non-hydrogen) atoms. The fourth-order valence-corrected chi connectivity index (χ4v) is 6.44. The number of aromatic nitrogens is 4. The number of likely N-dealkylation sites (tertiary alicyclic amines) is 1. The van der Waals surface area contributed by atoms with E-state index in [1.165, 1.54) is 7.11 Å². The van der Waals surface area contributed by atoms with Crippen LogP contribution in [0.25, 0.3) is 11.4 Å². The van der Waals surface area contributed by atoms with Crippen LogP contribution in [-0.2, 0) is 29.3 Å². The number of hydrogen-bond donors (Lipinski definition) is 3. The number of piperidine rings is 1. The Morgan fingerprint density at radius 1 is 0.839 bits per heavy atom. The lowest BCUT2D eigenvalue weighted by molar-refractivity contribution is -0.141. The summed E-state index contributed by atoms with van der Waals surface area (Å²) in [6, 6.07) is 19.1. The average molecular weight is 772 g/mol. The lowest BCUT2D eigenvalue weighted by atomic mass is 9.86. The van der Waals surface area contributed by atoms with Gasteiger partial charge in [0, 0.05) is 48.9 Å². The summed E-state index contributed by atoms with van der Waals surface area (Å²) in [4.78, 5) is 34.4. The van der Waals surface area contributed by atoms with E-state index < -0.39 is 5.54 Å². The molecule has 1 aliphatic rings. The van der Waals surface area contributed by atoms with Crippen molar-refractivity contribution in [1.29, 1.82) is 0 Å². The van der Waals surface area contributed by atoms with Crippen LogP contribution in [-0.4, -0.2) is 110 Å². The van der Waals surface area contributed by atoms with Gasteiger partial charge in [0.2, 0.25) is 0 Å². The quantitative estimate of drug-likeness (QED) is 0.0569. The van der Waals surface area contributed by atoms with Crippen LogP contribution >= 0.6 is 0 Å². The summed E-state index contributed by atoms with van der Waals surface area (Å²) in [5, 5.41) is 16.0. The van der Waals surface area contributed by atoms with Gasteiger partial charge in [0.25, 0.3) is 5.91 Å². The second-order valence-electron chi connectivity index (χ2n) is 14.0. The Kier molecular flexibility index (Phi) is 17.1. The molecule has 0 saturated carbocycles. The fraction of sp³-hybridized carbons (Fsp3) is 0.500. The SMILES string of the molecule is COC(=O)CCOCCOCCOCCCCCCOc1cccc([C@@H](C)NC(=O)c2cccc(NC3(c4nnc(-c5ccncc5)[nH]4)CCN(C)CC3)c2)c1. The Morgan fingerprint density at radius 3 is 2.29 bits per heavy atom. The molecule has 0 bridgehead atoms. The zero-order valence-corrected chi connectivity index (χ0v) is 33.0. The summed E-state index contributed by atoms with van der Waals surface area (Å²) < 4.78 is 27.1. The largest absolute Gasteiger partial charge is 0.494 e. The summed E-state index contributed by atoms with van der Waals surface area (Å²) >= 11 is 0. The predicted octanol–water partition coefficient (Wildman–Crippen LogP) is 5.94. The minimum atomic E-state index is -0.467. The molecule has 1 amide bonds. The highest BCUT2D eigenvalue weighted by Crippen LogP contribution is 2.35. The summed E-state index contributed by atoms with van der Waals surface area (Å²) in [5.74, 6) is 1.83. The van der Waals surface area contributed by atoms with Crippen molar-refractivity contribution in [2.24, 2.45) is 0 Å². The number of H-pyrrole nitrogens is 1. The van der Waals surface area contributed by atoms with Gasteiger partial charge < -0.3 is 44.2 Å². The summed E-state index contributed by atoms with van der Waals surface area (Å²) in [7, 11) is 3.49. The average Bonchev–Trinajstić information content (AvgIpc) is 3.73. The van der Waals surface area contributed by atoms with E-state index in [-0.39, 0.29) is 24.3 Å². The topological polar surface area (TPSA) is 162 Å². The van der Waals surface area contributed by atoms with E-state index >= 15 is 0 Å². The van der Waals surface area contributed by atoms with E-state index in [0.29, 0.717) is 57.6 Å². The molecular weight excluding hydrogens is 715 g/mol. The van der Waals surface area contributed by atoms with Gasteiger partial charge in [0.1, 0.15) is 5.75 Å². The van der Waals surface area contributed by atoms with Crippen LogP contribution in [0.15, 0.2) is 73.1 Å². The monoisotopic (exact) mass is 771 g/mol. The maximum Gasteiger partial charge on any atom is 0.307 e. The molecule has 0 spiro atoms. The van der Waals surface area contributed by atoms with E-state index in [0.717, 1.165) is 80.0 Å². The van der Waals surface area contributed by atoms with Gasteiger partial charge in [-0.25, -0.2) is 0 Å². The number of carbonyl (C=O) groups excluding carboxylic acids is 2. The van der Waals surface area contributed by atoms with Gasteiger partial charge in [-0.15, -0.1) is 10.2 Å². The molecule has 1 atom stereocenters. The van der Waals surface area contributed by atoms with Gasteiger partial charge in [0.15, 0.2) is 11.6 Å². The molecule has 14 heteroatoms. The molecule has 2 aromatic carbocycles. The van der Waals surface area contributed by atoms with E-state index in [4.69, 9.17) is 18.9 Å². The van der Waals surface area contributed by atoms with E-state index in [2.05, 4.69) is 47.5 Å². The number of methoxy groups -OCH3 is 1. The van der Waals surface area contributed by atoms with Crippen molar-refractivity contribution in [2.75, 3.05) is 78.8 Å². The van der Waals surface area contributed by atoms with Gasteiger partial charge in [-0.3, -0.25) is 14.6 Å². The van der Waals surface area contributed by atoms with Gasteiger partial charge >= 0.3 is 5.97 Å². The molecule has 2 aromatic heterocycles. The summed E-state index contributed by atoms with van der Waals surface area (Å²) in [6.07, 6.45) is 9.42. The Bertz CT molecular complexity index is 1760. The van der Waals surface area contributed by atoms with Crippen molar-refractivity contribution in [2.45, 2.75) is 63.5 Å². The molecule has 302 valence electrons. The standard InChI is InChI=1S/C42H57N7O7/c1-32(34-10-9-13-37(31-34)56-24-7-5-4-6-23-53-26-28-55-29-27-54-25-16-38(50)52-3)44-40(51)35-11-8-12-36(30-35)46-42(17-21-49(2)22-18-42)41-45-39(47-48-41)33-14-19-43-20-15-33/h8-15,19-20,30-32,46H,4-7,16-18,21-29H2,1-3H3,(H,44,51)(H,45,47,48)/t32-/m1/s1. The van der Waals surface area contributed by atoms with Crippen LogP contribution in [0, 0.1) is 0 Å². The lowest BCUT2D eigenvalue weighted by Crippen LogP contribution is -2.46. The normalized spacial score (nSPS) is 14.6. The molecule has 1 fully saturated rings. The molecule has 3 N–H and O–H groups in total. The first kappa shape index (κ1) is 42.3. The summed E-state index contributed by atoms with van der Waals surface area (Å²) in [5.41, 5.74) is 2.85. The number of hydrogen-bond acceptors (Lipinski definition) is 12. The van der Waals surface area contributed by atoms with Crippen molar-refractivity contribution in [3.8, 4) is 17.1 Å². The second kappa shape index (κ2) is 22.6. The number of rotatable bonds is 24. The van der Waals surface area contributed by atoms with Crippen molar-refractivity contribution in [1.82, 2.24) is 30.4 Å². The number of anilines is 1. The first-order valence-corrected chi connectivity index (χ1v) is 19.6. The van der Waals surface area contributed by atoms with E-state index in [1.54, 1.807) is 12.4 Å². The second-order valence-corrected chi connectivity index (χ2v) is 14.0. The molecule has 0 aliphatic carbocycles. The first-order chi connectivity index (χ1) is 27.3. The minimum absolute atomic E-state index is 0.153.